The molecular formula is C21H26N2O3. The van der Waals surface area contributed by atoms with Crippen molar-refractivity contribution < 1.29 is 14.3 Å². The molecule has 5 heteroatoms. The monoisotopic (exact) mass is 354 g/mol. The summed E-state index contributed by atoms with van der Waals surface area (Å²) < 4.78 is 5.31. The van der Waals surface area contributed by atoms with E-state index in [4.69, 9.17) is 4.74 Å². The van der Waals surface area contributed by atoms with Crippen molar-refractivity contribution in [3.63, 3.8) is 0 Å². The highest BCUT2D eigenvalue weighted by molar-refractivity contribution is 5.83. The molecule has 5 nitrogen and oxygen atoms in total. The second-order valence-electron chi connectivity index (χ2n) is 6.27. The van der Waals surface area contributed by atoms with Gasteiger partial charge in [-0.05, 0) is 30.5 Å². The number of aryl methyl sites for hydroxylation is 1. The van der Waals surface area contributed by atoms with Gasteiger partial charge >= 0.3 is 0 Å². The zero-order chi connectivity index (χ0) is 18.9. The number of methoxy groups -OCH3 is 1. The van der Waals surface area contributed by atoms with Gasteiger partial charge in [0.2, 0.25) is 11.8 Å². The molecule has 0 aliphatic heterocycles. The van der Waals surface area contributed by atoms with Crippen LogP contribution in [0.1, 0.15) is 23.6 Å². The Balaban J connectivity index is 1.85. The molecule has 0 heterocycles. The Hall–Kier alpha value is -2.82. The van der Waals surface area contributed by atoms with E-state index in [0.717, 1.165) is 22.4 Å². The molecule has 0 saturated heterocycles. The summed E-state index contributed by atoms with van der Waals surface area (Å²) >= 11 is 0. The quantitative estimate of drug-likeness (QED) is 0.793. The Labute approximate surface area is 155 Å². The molecule has 2 aromatic carbocycles. The lowest BCUT2D eigenvalue weighted by Crippen LogP contribution is -2.39. The highest BCUT2D eigenvalue weighted by Crippen LogP contribution is 2.17. The van der Waals surface area contributed by atoms with Gasteiger partial charge in [0.05, 0.1) is 13.7 Å². The van der Waals surface area contributed by atoms with Gasteiger partial charge in [0.25, 0.3) is 0 Å². The third-order valence-corrected chi connectivity index (χ3v) is 4.18. The molecule has 0 atom stereocenters. The van der Waals surface area contributed by atoms with Gasteiger partial charge in [-0.2, -0.15) is 0 Å². The summed E-state index contributed by atoms with van der Waals surface area (Å²) in [5, 5.41) is 2.87. The number of hydrogen-bond donors (Lipinski definition) is 1. The van der Waals surface area contributed by atoms with Gasteiger partial charge in [0.15, 0.2) is 0 Å². The summed E-state index contributed by atoms with van der Waals surface area (Å²) in [5.74, 6) is 0.527. The maximum absolute atomic E-state index is 12.2. The maximum atomic E-state index is 12.2. The van der Waals surface area contributed by atoms with Crippen LogP contribution < -0.4 is 10.1 Å². The van der Waals surface area contributed by atoms with Gasteiger partial charge in [-0.3, -0.25) is 9.59 Å². The molecule has 138 valence electrons. The Bertz CT molecular complexity index is 741. The Morgan fingerprint density at radius 2 is 1.77 bits per heavy atom. The average molecular weight is 354 g/mol. The van der Waals surface area contributed by atoms with Crippen LogP contribution in [-0.2, 0) is 22.6 Å². The summed E-state index contributed by atoms with van der Waals surface area (Å²) in [5.41, 5.74) is 3.21. The van der Waals surface area contributed by atoms with E-state index in [2.05, 4.69) is 5.32 Å². The molecule has 2 aromatic rings. The zero-order valence-electron chi connectivity index (χ0n) is 15.6. The van der Waals surface area contributed by atoms with Crippen molar-refractivity contribution in [2.24, 2.45) is 0 Å². The Morgan fingerprint density at radius 3 is 2.42 bits per heavy atom. The van der Waals surface area contributed by atoms with Crippen molar-refractivity contribution in [2.45, 2.75) is 26.8 Å². The highest BCUT2D eigenvalue weighted by Gasteiger charge is 2.14. The summed E-state index contributed by atoms with van der Waals surface area (Å²) in [4.78, 5) is 25.6. The molecule has 0 spiro atoms. The SMILES string of the molecule is COc1ccccc1CCNC(=O)CN(Cc1ccc(C)cc1)C(C)=O. The number of rotatable bonds is 8. The lowest BCUT2D eigenvalue weighted by atomic mass is 10.1. The number of nitrogens with zero attached hydrogens (tertiary/aromatic N) is 1. The number of amides is 2. The van der Waals surface area contributed by atoms with Crippen LogP contribution in [0.2, 0.25) is 0 Å². The largest absolute Gasteiger partial charge is 0.496 e. The number of carbonyl (C=O) groups excluding carboxylic acids is 2. The van der Waals surface area contributed by atoms with Gasteiger partial charge in [0, 0.05) is 20.0 Å². The highest BCUT2D eigenvalue weighted by atomic mass is 16.5. The molecule has 2 rings (SSSR count). The van der Waals surface area contributed by atoms with Crippen molar-refractivity contribution in [3.05, 3.63) is 65.2 Å². The minimum Gasteiger partial charge on any atom is -0.496 e. The van der Waals surface area contributed by atoms with Gasteiger partial charge in [-0.1, -0.05) is 48.0 Å². The van der Waals surface area contributed by atoms with Crippen molar-refractivity contribution in [3.8, 4) is 5.75 Å². The van der Waals surface area contributed by atoms with E-state index in [-0.39, 0.29) is 18.4 Å². The van der Waals surface area contributed by atoms with E-state index >= 15 is 0 Å². The topological polar surface area (TPSA) is 58.6 Å². The van der Waals surface area contributed by atoms with E-state index in [1.807, 2.05) is 55.5 Å². The van der Waals surface area contributed by atoms with Crippen LogP contribution in [0.5, 0.6) is 5.75 Å². The van der Waals surface area contributed by atoms with Crippen LogP contribution in [-0.4, -0.2) is 36.9 Å². The number of para-hydroxylation sites is 1. The van der Waals surface area contributed by atoms with Crippen molar-refractivity contribution in [2.75, 3.05) is 20.2 Å². The third-order valence-electron chi connectivity index (χ3n) is 4.18. The number of hydrogen-bond acceptors (Lipinski definition) is 3. The van der Waals surface area contributed by atoms with Crippen LogP contribution in [0.25, 0.3) is 0 Å². The third kappa shape index (κ3) is 5.92. The first kappa shape index (κ1) is 19.5. The number of carbonyl (C=O) groups is 2. The summed E-state index contributed by atoms with van der Waals surface area (Å²) in [6.45, 7) is 4.47. The lowest BCUT2D eigenvalue weighted by Gasteiger charge is -2.21. The van der Waals surface area contributed by atoms with Crippen LogP contribution >= 0.6 is 0 Å². The fourth-order valence-corrected chi connectivity index (χ4v) is 2.67. The van der Waals surface area contributed by atoms with E-state index in [0.29, 0.717) is 19.5 Å². The van der Waals surface area contributed by atoms with Crippen LogP contribution in [0, 0.1) is 6.92 Å². The Morgan fingerprint density at radius 1 is 1.08 bits per heavy atom. The Kier molecular flexibility index (Phi) is 7.21. The average Bonchev–Trinajstić information content (AvgIpc) is 2.63. The molecule has 0 aliphatic carbocycles. The van der Waals surface area contributed by atoms with Crippen LogP contribution in [0.15, 0.2) is 48.5 Å². The molecule has 0 bridgehead atoms. The van der Waals surface area contributed by atoms with Crippen LogP contribution in [0.4, 0.5) is 0 Å². The smallest absolute Gasteiger partial charge is 0.239 e. The zero-order valence-corrected chi connectivity index (χ0v) is 15.6. The van der Waals surface area contributed by atoms with Gasteiger partial charge in [0.1, 0.15) is 5.75 Å². The van der Waals surface area contributed by atoms with Crippen molar-refractivity contribution in [1.29, 1.82) is 0 Å². The summed E-state index contributed by atoms with van der Waals surface area (Å²) in [6, 6.07) is 15.7. The summed E-state index contributed by atoms with van der Waals surface area (Å²) in [6.07, 6.45) is 0.674. The van der Waals surface area contributed by atoms with E-state index in [1.54, 1.807) is 12.0 Å². The maximum Gasteiger partial charge on any atom is 0.239 e. The fraction of sp³-hybridized carbons (Fsp3) is 0.333. The molecule has 0 radical (unpaired) electrons. The summed E-state index contributed by atoms with van der Waals surface area (Å²) in [7, 11) is 1.63. The van der Waals surface area contributed by atoms with E-state index in [1.165, 1.54) is 6.92 Å². The fourth-order valence-electron chi connectivity index (χ4n) is 2.67. The van der Waals surface area contributed by atoms with E-state index < -0.39 is 0 Å². The van der Waals surface area contributed by atoms with Gasteiger partial charge in [-0.15, -0.1) is 0 Å². The lowest BCUT2D eigenvalue weighted by molar-refractivity contribution is -0.134. The molecule has 0 aromatic heterocycles. The van der Waals surface area contributed by atoms with Gasteiger partial charge in [-0.25, -0.2) is 0 Å². The predicted octanol–water partition coefficient (Wildman–Crippen LogP) is 2.71. The first-order chi connectivity index (χ1) is 12.5. The molecule has 0 aliphatic rings. The van der Waals surface area contributed by atoms with Crippen molar-refractivity contribution >= 4 is 11.8 Å². The first-order valence-electron chi connectivity index (χ1n) is 8.69. The first-order valence-corrected chi connectivity index (χ1v) is 8.69. The van der Waals surface area contributed by atoms with Crippen molar-refractivity contribution in [1.82, 2.24) is 10.2 Å². The minimum absolute atomic E-state index is 0.0507. The minimum atomic E-state index is -0.165. The normalized spacial score (nSPS) is 10.3. The molecule has 0 saturated carbocycles. The molecule has 1 N–H and O–H groups in total. The second kappa shape index (κ2) is 9.61. The molecule has 2 amide bonds. The van der Waals surface area contributed by atoms with Crippen LogP contribution in [0.3, 0.4) is 0 Å². The number of nitrogens with one attached hydrogen (secondary N) is 1. The molecular weight excluding hydrogens is 328 g/mol. The number of ether oxygens (including phenoxy) is 1. The molecule has 26 heavy (non-hydrogen) atoms. The second-order valence-corrected chi connectivity index (χ2v) is 6.27. The molecule has 0 unspecified atom stereocenters. The van der Waals surface area contributed by atoms with Gasteiger partial charge < -0.3 is 15.0 Å². The number of benzene rings is 2. The molecule has 0 fully saturated rings. The predicted molar refractivity (Wildman–Crippen MR) is 102 cm³/mol. The van der Waals surface area contributed by atoms with E-state index in [9.17, 15) is 9.59 Å². The standard InChI is InChI=1S/C21H26N2O3/c1-16-8-10-18(11-9-16)14-23(17(2)24)15-21(25)22-13-12-19-6-4-5-7-20(19)26-3/h4-11H,12-15H2,1-3H3,(H,22,25).